The van der Waals surface area contributed by atoms with Gasteiger partial charge in [-0.3, -0.25) is 4.68 Å². The Hall–Kier alpha value is -1.30. The van der Waals surface area contributed by atoms with Gasteiger partial charge < -0.3 is 0 Å². The summed E-state index contributed by atoms with van der Waals surface area (Å²) in [4.78, 5) is 0. The van der Waals surface area contributed by atoms with Crippen molar-refractivity contribution >= 4 is 0 Å². The number of hydrogen-bond donors (Lipinski definition) is 0. The van der Waals surface area contributed by atoms with E-state index in [1.54, 1.807) is 0 Å². The molecule has 0 unspecified atom stereocenters. The minimum absolute atomic E-state index is 0.151. The van der Waals surface area contributed by atoms with E-state index in [1.165, 1.54) is 57.8 Å². The van der Waals surface area contributed by atoms with Crippen molar-refractivity contribution in [1.29, 1.82) is 5.26 Å². The summed E-state index contributed by atoms with van der Waals surface area (Å²) in [6.45, 7) is 0. The van der Waals surface area contributed by atoms with Gasteiger partial charge in [0.2, 0.25) is 0 Å². The summed E-state index contributed by atoms with van der Waals surface area (Å²) < 4.78 is 2.18. The highest BCUT2D eigenvalue weighted by atomic mass is 15.3. The number of nitrogens with zero attached hydrogens (tertiary/aromatic N) is 3. The van der Waals surface area contributed by atoms with Crippen LogP contribution < -0.4 is 0 Å². The van der Waals surface area contributed by atoms with Crippen molar-refractivity contribution in [2.24, 2.45) is 5.41 Å². The Bertz CT molecular complexity index is 483. The van der Waals surface area contributed by atoms with Crippen molar-refractivity contribution < 1.29 is 0 Å². The number of hydrogen-bond acceptors (Lipinski definition) is 2. The van der Waals surface area contributed by atoms with Gasteiger partial charge in [0.25, 0.3) is 0 Å². The smallest absolute Gasteiger partial charge is 0.0693 e. The van der Waals surface area contributed by atoms with Crippen molar-refractivity contribution in [1.82, 2.24) is 9.78 Å². The third-order valence-electron chi connectivity index (χ3n) is 5.43. The predicted molar refractivity (Wildman–Crippen MR) is 83.8 cm³/mol. The average molecular weight is 285 g/mol. The average Bonchev–Trinajstić information content (AvgIpc) is 2.86. The van der Waals surface area contributed by atoms with E-state index in [9.17, 15) is 5.26 Å². The molecule has 2 fully saturated rings. The van der Waals surface area contributed by atoms with E-state index in [-0.39, 0.29) is 5.41 Å². The van der Waals surface area contributed by atoms with Crippen LogP contribution in [0.15, 0.2) is 12.3 Å². The van der Waals surface area contributed by atoms with Gasteiger partial charge in [-0.15, -0.1) is 0 Å². The van der Waals surface area contributed by atoms with Gasteiger partial charge in [0.05, 0.1) is 23.2 Å². The van der Waals surface area contributed by atoms with E-state index in [0.717, 1.165) is 25.0 Å². The van der Waals surface area contributed by atoms with Crippen LogP contribution in [0.2, 0.25) is 0 Å². The van der Waals surface area contributed by atoms with E-state index in [0.29, 0.717) is 6.04 Å². The Labute approximate surface area is 128 Å². The van der Waals surface area contributed by atoms with Gasteiger partial charge in [-0.25, -0.2) is 0 Å². The van der Waals surface area contributed by atoms with Crippen LogP contribution in [0.3, 0.4) is 0 Å². The monoisotopic (exact) mass is 285 g/mol. The molecule has 1 aromatic heterocycles. The van der Waals surface area contributed by atoms with Crippen molar-refractivity contribution in [3.63, 3.8) is 0 Å². The lowest BCUT2D eigenvalue weighted by Gasteiger charge is -2.24. The zero-order valence-corrected chi connectivity index (χ0v) is 13.1. The number of nitriles is 1. The Morgan fingerprint density at radius 1 is 1.10 bits per heavy atom. The zero-order chi connectivity index (χ0) is 14.5. The highest BCUT2D eigenvalue weighted by Crippen LogP contribution is 2.37. The first-order chi connectivity index (χ1) is 10.3. The lowest BCUT2D eigenvalue weighted by atomic mass is 9.78. The van der Waals surface area contributed by atoms with Gasteiger partial charge in [-0.1, -0.05) is 44.9 Å². The van der Waals surface area contributed by atoms with Crippen molar-refractivity contribution in [3.8, 4) is 6.07 Å². The first-order valence-electron chi connectivity index (χ1n) is 8.77. The molecule has 3 rings (SSSR count). The standard InChI is InChI=1S/C18H27N3/c19-15-18(11-6-1-2-7-12-18)14-16-10-13-21(20-16)17-8-4-3-5-9-17/h10,13,17H,1-9,11-12,14H2. The summed E-state index contributed by atoms with van der Waals surface area (Å²) in [6, 6.07) is 5.39. The zero-order valence-electron chi connectivity index (χ0n) is 13.1. The van der Waals surface area contributed by atoms with Gasteiger partial charge in [-0.05, 0) is 31.7 Å². The van der Waals surface area contributed by atoms with Gasteiger partial charge >= 0.3 is 0 Å². The molecule has 0 spiro atoms. The van der Waals surface area contributed by atoms with Crippen LogP contribution in [0.25, 0.3) is 0 Å². The molecule has 0 bridgehead atoms. The van der Waals surface area contributed by atoms with Gasteiger partial charge in [-0.2, -0.15) is 10.4 Å². The van der Waals surface area contributed by atoms with Crippen LogP contribution in [0.1, 0.15) is 82.4 Å². The maximum Gasteiger partial charge on any atom is 0.0693 e. The topological polar surface area (TPSA) is 41.6 Å². The molecule has 0 amide bonds. The highest BCUT2D eigenvalue weighted by molar-refractivity contribution is 5.11. The minimum atomic E-state index is -0.151. The van der Waals surface area contributed by atoms with Crippen molar-refractivity contribution in [2.45, 2.75) is 83.1 Å². The van der Waals surface area contributed by atoms with Gasteiger partial charge in [0.1, 0.15) is 0 Å². The van der Waals surface area contributed by atoms with Crippen LogP contribution in [-0.2, 0) is 6.42 Å². The van der Waals surface area contributed by atoms with Crippen LogP contribution in [0, 0.1) is 16.7 Å². The molecule has 2 saturated carbocycles. The van der Waals surface area contributed by atoms with Crippen LogP contribution >= 0.6 is 0 Å². The summed E-state index contributed by atoms with van der Waals surface area (Å²) in [5.74, 6) is 0. The molecular weight excluding hydrogens is 258 g/mol. The summed E-state index contributed by atoms with van der Waals surface area (Å²) >= 11 is 0. The number of aromatic nitrogens is 2. The summed E-state index contributed by atoms with van der Waals surface area (Å²) in [5.41, 5.74) is 0.978. The fourth-order valence-electron chi connectivity index (χ4n) is 4.10. The molecule has 2 aliphatic carbocycles. The first kappa shape index (κ1) is 14.6. The molecule has 1 heterocycles. The molecule has 0 radical (unpaired) electrons. The molecule has 0 aromatic carbocycles. The SMILES string of the molecule is N#CC1(Cc2ccn(C3CCCCC3)n2)CCCCCC1. The van der Waals surface area contributed by atoms with E-state index in [2.05, 4.69) is 23.0 Å². The second kappa shape index (κ2) is 6.64. The highest BCUT2D eigenvalue weighted by Gasteiger charge is 2.32. The molecule has 0 atom stereocenters. The Kier molecular flexibility index (Phi) is 4.63. The summed E-state index contributed by atoms with van der Waals surface area (Å²) in [6.07, 6.45) is 16.7. The predicted octanol–water partition coefficient (Wildman–Crippen LogP) is 4.79. The lowest BCUT2D eigenvalue weighted by Crippen LogP contribution is -2.21. The second-order valence-corrected chi connectivity index (χ2v) is 7.06. The molecule has 21 heavy (non-hydrogen) atoms. The Balaban J connectivity index is 1.69. The fourth-order valence-corrected chi connectivity index (χ4v) is 4.10. The summed E-state index contributed by atoms with van der Waals surface area (Å²) in [5, 5.41) is 14.5. The molecule has 2 aliphatic rings. The van der Waals surface area contributed by atoms with E-state index in [1.807, 2.05) is 0 Å². The maximum absolute atomic E-state index is 9.70. The van der Waals surface area contributed by atoms with Gasteiger partial charge in [0, 0.05) is 12.6 Å². The van der Waals surface area contributed by atoms with Gasteiger partial charge in [0.15, 0.2) is 0 Å². The molecule has 1 aromatic rings. The third kappa shape index (κ3) is 3.48. The molecule has 0 N–H and O–H groups in total. The molecule has 0 aliphatic heterocycles. The fraction of sp³-hybridized carbons (Fsp3) is 0.778. The molecule has 0 saturated heterocycles. The Morgan fingerprint density at radius 3 is 2.43 bits per heavy atom. The quantitative estimate of drug-likeness (QED) is 0.749. The molecule has 3 nitrogen and oxygen atoms in total. The molecule has 3 heteroatoms. The van der Waals surface area contributed by atoms with Crippen molar-refractivity contribution in [3.05, 3.63) is 18.0 Å². The van der Waals surface area contributed by atoms with Crippen LogP contribution in [0.5, 0.6) is 0 Å². The maximum atomic E-state index is 9.70. The van der Waals surface area contributed by atoms with E-state index in [4.69, 9.17) is 5.10 Å². The van der Waals surface area contributed by atoms with Crippen molar-refractivity contribution in [2.75, 3.05) is 0 Å². The largest absolute Gasteiger partial charge is 0.269 e. The molecule has 114 valence electrons. The summed E-state index contributed by atoms with van der Waals surface area (Å²) in [7, 11) is 0. The molecular formula is C18H27N3. The Morgan fingerprint density at radius 2 is 1.76 bits per heavy atom. The van der Waals surface area contributed by atoms with Crippen LogP contribution in [0.4, 0.5) is 0 Å². The van der Waals surface area contributed by atoms with Crippen LogP contribution in [-0.4, -0.2) is 9.78 Å². The first-order valence-corrected chi connectivity index (χ1v) is 8.77. The van der Waals surface area contributed by atoms with E-state index < -0.39 is 0 Å². The van der Waals surface area contributed by atoms with E-state index >= 15 is 0 Å². The lowest BCUT2D eigenvalue weighted by molar-refractivity contribution is 0.315. The second-order valence-electron chi connectivity index (χ2n) is 7.06. The minimum Gasteiger partial charge on any atom is -0.269 e. The normalized spacial score (nSPS) is 23.4. The third-order valence-corrected chi connectivity index (χ3v) is 5.43. The number of rotatable bonds is 3.